The summed E-state index contributed by atoms with van der Waals surface area (Å²) in [4.78, 5) is 9.51. The Labute approximate surface area is 148 Å². The fraction of sp³-hybridized carbons (Fsp3) is 0.222. The van der Waals surface area contributed by atoms with Crippen LogP contribution in [-0.2, 0) is 5.66 Å². The highest BCUT2D eigenvalue weighted by atomic mass is 79.9. The van der Waals surface area contributed by atoms with E-state index in [0.717, 1.165) is 27.1 Å². The van der Waals surface area contributed by atoms with Gasteiger partial charge in [-0.1, -0.05) is 34.1 Å². The first-order valence-electron chi connectivity index (χ1n) is 7.67. The molecule has 4 rings (SSSR count). The zero-order chi connectivity index (χ0) is 16.7. The second-order valence-electron chi connectivity index (χ2n) is 5.74. The number of amidine groups is 1. The summed E-state index contributed by atoms with van der Waals surface area (Å²) in [5, 5.41) is 0. The van der Waals surface area contributed by atoms with Crippen molar-refractivity contribution >= 4 is 27.5 Å². The van der Waals surface area contributed by atoms with Gasteiger partial charge in [-0.3, -0.25) is 0 Å². The maximum atomic E-state index is 6.06. The quantitative estimate of drug-likeness (QED) is 0.862. The lowest BCUT2D eigenvalue weighted by Gasteiger charge is -2.26. The lowest BCUT2D eigenvalue weighted by molar-refractivity contribution is 0.171. The van der Waals surface area contributed by atoms with Gasteiger partial charge >= 0.3 is 0 Å². The van der Waals surface area contributed by atoms with Gasteiger partial charge < -0.3 is 15.2 Å². The summed E-state index contributed by atoms with van der Waals surface area (Å²) in [6.07, 6.45) is 0. The summed E-state index contributed by atoms with van der Waals surface area (Å²) < 4.78 is 12.3. The normalized spacial score (nSPS) is 22.1. The van der Waals surface area contributed by atoms with Crippen LogP contribution in [0.3, 0.4) is 0 Å². The molecule has 6 heteroatoms. The molecule has 5 nitrogen and oxygen atoms in total. The van der Waals surface area contributed by atoms with Crippen LogP contribution in [0.4, 0.5) is 0 Å². The SMILES string of the molecule is CC1=NC(c2cccc(Br)c2)(c2ccc3c(c2)OCCO3)N=C1N. The summed E-state index contributed by atoms with van der Waals surface area (Å²) in [5.41, 5.74) is 7.72. The predicted molar refractivity (Wildman–Crippen MR) is 97.1 cm³/mol. The number of rotatable bonds is 2. The molecule has 2 N–H and O–H groups in total. The second-order valence-corrected chi connectivity index (χ2v) is 6.65. The molecule has 0 amide bonds. The smallest absolute Gasteiger partial charge is 0.204 e. The molecule has 2 aromatic carbocycles. The van der Waals surface area contributed by atoms with E-state index in [1.165, 1.54) is 0 Å². The van der Waals surface area contributed by atoms with Crippen LogP contribution in [0.5, 0.6) is 11.5 Å². The third-order valence-corrected chi connectivity index (χ3v) is 4.65. The molecule has 0 aliphatic carbocycles. The molecule has 2 heterocycles. The molecule has 2 aliphatic rings. The Hall–Kier alpha value is -2.34. The van der Waals surface area contributed by atoms with E-state index in [1.54, 1.807) is 0 Å². The fourth-order valence-electron chi connectivity index (χ4n) is 2.97. The number of aliphatic imine (C=N–C) groups is 2. The summed E-state index contributed by atoms with van der Waals surface area (Å²) in [6, 6.07) is 13.8. The van der Waals surface area contributed by atoms with Gasteiger partial charge in [0.05, 0.1) is 5.71 Å². The molecule has 1 unspecified atom stereocenters. The molecule has 0 radical (unpaired) electrons. The molecule has 0 spiro atoms. The van der Waals surface area contributed by atoms with Crippen molar-refractivity contribution in [3.8, 4) is 11.5 Å². The Morgan fingerprint density at radius 1 is 1.00 bits per heavy atom. The number of halogens is 1. The van der Waals surface area contributed by atoms with Crippen LogP contribution in [0.15, 0.2) is 56.9 Å². The van der Waals surface area contributed by atoms with Gasteiger partial charge in [0, 0.05) is 15.6 Å². The van der Waals surface area contributed by atoms with Gasteiger partial charge in [-0.25, -0.2) is 9.98 Å². The zero-order valence-electron chi connectivity index (χ0n) is 13.1. The van der Waals surface area contributed by atoms with Crippen LogP contribution < -0.4 is 15.2 Å². The molecule has 0 fully saturated rings. The van der Waals surface area contributed by atoms with Crippen molar-refractivity contribution in [2.24, 2.45) is 15.7 Å². The number of hydrogen-bond acceptors (Lipinski definition) is 5. The van der Waals surface area contributed by atoms with Crippen LogP contribution in [0.1, 0.15) is 18.1 Å². The van der Waals surface area contributed by atoms with Gasteiger partial charge in [-0.2, -0.15) is 0 Å². The molecule has 1 atom stereocenters. The molecular weight excluding hydrogens is 370 g/mol. The van der Waals surface area contributed by atoms with E-state index in [2.05, 4.69) is 15.9 Å². The fourth-order valence-corrected chi connectivity index (χ4v) is 3.37. The standard InChI is InChI=1S/C18H16BrN3O2/c1-11-17(20)22-18(21-11,12-3-2-4-14(19)9-12)13-5-6-15-16(10-13)24-8-7-23-15/h2-6,9-10H,7-8H2,1H3,(H2,20,22). The third-order valence-electron chi connectivity index (χ3n) is 4.15. The molecule has 2 aromatic rings. The Morgan fingerprint density at radius 3 is 2.46 bits per heavy atom. The molecule has 0 saturated carbocycles. The number of nitrogens with two attached hydrogens (primary N) is 1. The maximum Gasteiger partial charge on any atom is 0.204 e. The van der Waals surface area contributed by atoms with Gasteiger partial charge in [-0.15, -0.1) is 0 Å². The number of hydrogen-bond donors (Lipinski definition) is 1. The van der Waals surface area contributed by atoms with Crippen LogP contribution >= 0.6 is 15.9 Å². The Bertz CT molecular complexity index is 858. The minimum Gasteiger partial charge on any atom is -0.486 e. The van der Waals surface area contributed by atoms with E-state index in [4.69, 9.17) is 25.2 Å². The van der Waals surface area contributed by atoms with E-state index in [1.807, 2.05) is 49.4 Å². The molecule has 122 valence electrons. The average Bonchev–Trinajstić information content (AvgIpc) is 2.91. The van der Waals surface area contributed by atoms with Crippen molar-refractivity contribution in [3.05, 3.63) is 58.1 Å². The molecule has 0 saturated heterocycles. The van der Waals surface area contributed by atoms with Crippen LogP contribution in [0.2, 0.25) is 0 Å². The highest BCUT2D eigenvalue weighted by molar-refractivity contribution is 9.10. The number of nitrogens with zero attached hydrogens (tertiary/aromatic N) is 2. The van der Waals surface area contributed by atoms with E-state index in [0.29, 0.717) is 24.8 Å². The van der Waals surface area contributed by atoms with E-state index in [9.17, 15) is 0 Å². The van der Waals surface area contributed by atoms with E-state index >= 15 is 0 Å². The van der Waals surface area contributed by atoms with Gasteiger partial charge in [0.25, 0.3) is 0 Å². The van der Waals surface area contributed by atoms with Crippen molar-refractivity contribution in [1.29, 1.82) is 0 Å². The average molecular weight is 386 g/mol. The van der Waals surface area contributed by atoms with Gasteiger partial charge in [-0.05, 0) is 31.2 Å². The van der Waals surface area contributed by atoms with Crippen molar-refractivity contribution in [2.45, 2.75) is 12.6 Å². The van der Waals surface area contributed by atoms with E-state index in [-0.39, 0.29) is 0 Å². The second kappa shape index (κ2) is 5.63. The first kappa shape index (κ1) is 15.2. The Kier molecular flexibility index (Phi) is 3.57. The first-order chi connectivity index (χ1) is 11.6. The number of fused-ring (bicyclic) bond motifs is 1. The molecular formula is C18H16BrN3O2. The summed E-state index contributed by atoms with van der Waals surface area (Å²) in [5.74, 6) is 1.90. The summed E-state index contributed by atoms with van der Waals surface area (Å²) in [6.45, 7) is 2.97. The van der Waals surface area contributed by atoms with Crippen molar-refractivity contribution in [3.63, 3.8) is 0 Å². The highest BCUT2D eigenvalue weighted by Gasteiger charge is 2.39. The Morgan fingerprint density at radius 2 is 1.75 bits per heavy atom. The van der Waals surface area contributed by atoms with E-state index < -0.39 is 5.66 Å². The lowest BCUT2D eigenvalue weighted by Crippen LogP contribution is -2.23. The topological polar surface area (TPSA) is 69.2 Å². The highest BCUT2D eigenvalue weighted by Crippen LogP contribution is 2.42. The van der Waals surface area contributed by atoms with Gasteiger partial charge in [0.15, 0.2) is 11.5 Å². The number of ether oxygens (including phenoxy) is 2. The summed E-state index contributed by atoms with van der Waals surface area (Å²) >= 11 is 3.52. The third kappa shape index (κ3) is 2.38. The van der Waals surface area contributed by atoms with Crippen LogP contribution in [0.25, 0.3) is 0 Å². The Balaban J connectivity index is 1.92. The van der Waals surface area contributed by atoms with Crippen LogP contribution in [0, 0.1) is 0 Å². The molecule has 0 aromatic heterocycles. The largest absolute Gasteiger partial charge is 0.486 e. The minimum atomic E-state index is -0.895. The van der Waals surface area contributed by atoms with Gasteiger partial charge in [0.1, 0.15) is 19.0 Å². The summed E-state index contributed by atoms with van der Waals surface area (Å²) in [7, 11) is 0. The van der Waals surface area contributed by atoms with Crippen LogP contribution in [-0.4, -0.2) is 24.8 Å². The molecule has 2 aliphatic heterocycles. The molecule has 0 bridgehead atoms. The van der Waals surface area contributed by atoms with Crippen molar-refractivity contribution in [1.82, 2.24) is 0 Å². The first-order valence-corrected chi connectivity index (χ1v) is 8.46. The maximum absolute atomic E-state index is 6.06. The lowest BCUT2D eigenvalue weighted by atomic mass is 9.92. The molecule has 24 heavy (non-hydrogen) atoms. The minimum absolute atomic E-state index is 0.449. The number of benzene rings is 2. The van der Waals surface area contributed by atoms with Gasteiger partial charge in [0.2, 0.25) is 5.66 Å². The van der Waals surface area contributed by atoms with Crippen molar-refractivity contribution < 1.29 is 9.47 Å². The zero-order valence-corrected chi connectivity index (χ0v) is 14.7. The predicted octanol–water partition coefficient (Wildman–Crippen LogP) is 3.25. The van der Waals surface area contributed by atoms with Crippen molar-refractivity contribution in [2.75, 3.05) is 13.2 Å². The monoisotopic (exact) mass is 385 g/mol.